The van der Waals surface area contributed by atoms with Crippen LogP contribution in [0, 0.1) is 5.92 Å². The summed E-state index contributed by atoms with van der Waals surface area (Å²) in [7, 11) is 0. The van der Waals surface area contributed by atoms with E-state index < -0.39 is 0 Å². The van der Waals surface area contributed by atoms with Crippen molar-refractivity contribution in [2.24, 2.45) is 5.92 Å². The van der Waals surface area contributed by atoms with Crippen LogP contribution < -0.4 is 0 Å². The lowest BCUT2D eigenvalue weighted by Gasteiger charge is -2.09. The first-order valence-electron chi connectivity index (χ1n) is 6.00. The molecule has 0 bridgehead atoms. The van der Waals surface area contributed by atoms with Crippen molar-refractivity contribution in [1.82, 2.24) is 0 Å². The van der Waals surface area contributed by atoms with Crippen LogP contribution in [0.25, 0.3) is 0 Å². The predicted molar refractivity (Wildman–Crippen MR) is 60.2 cm³/mol. The minimum Gasteiger partial charge on any atom is -0.299 e. The maximum atomic E-state index is 11.6. The second-order valence-corrected chi connectivity index (χ2v) is 4.25. The van der Waals surface area contributed by atoms with Gasteiger partial charge in [0, 0.05) is 12.3 Å². The van der Waals surface area contributed by atoms with E-state index in [4.69, 9.17) is 0 Å². The van der Waals surface area contributed by atoms with Crippen molar-refractivity contribution in [1.29, 1.82) is 0 Å². The fourth-order valence-electron chi connectivity index (χ4n) is 1.74. The average molecular weight is 194 g/mol. The number of rotatable bonds is 7. The Hall–Kier alpha value is -0.590. The number of hydrogen-bond donors (Lipinski definition) is 0. The van der Waals surface area contributed by atoms with E-state index in [0.29, 0.717) is 12.2 Å². The number of unbranched alkanes of at least 4 members (excludes halogenated alkanes) is 2. The van der Waals surface area contributed by atoms with E-state index >= 15 is 0 Å². The fraction of sp³-hybridized carbons (Fsp3) is 0.769. The highest BCUT2D eigenvalue weighted by Gasteiger charge is 2.18. The zero-order chi connectivity index (χ0) is 10.4. The molecule has 0 amide bonds. The standard InChI is InChI=1S/C13H22O/c1-3-5-6-7-12(13(14)4-2)10-11-8-9-11/h10,12H,3-9H2,1-2H3. The molecule has 1 saturated carbocycles. The molecule has 1 aliphatic carbocycles. The lowest BCUT2D eigenvalue weighted by Crippen LogP contribution is -2.10. The van der Waals surface area contributed by atoms with Crippen LogP contribution in [-0.2, 0) is 4.79 Å². The van der Waals surface area contributed by atoms with E-state index in [9.17, 15) is 4.79 Å². The molecule has 14 heavy (non-hydrogen) atoms. The molecule has 1 rings (SSSR count). The van der Waals surface area contributed by atoms with Gasteiger partial charge in [0.2, 0.25) is 0 Å². The van der Waals surface area contributed by atoms with Gasteiger partial charge in [0.05, 0.1) is 0 Å². The summed E-state index contributed by atoms with van der Waals surface area (Å²) < 4.78 is 0. The Labute approximate surface area is 87.6 Å². The highest BCUT2D eigenvalue weighted by Crippen LogP contribution is 2.30. The van der Waals surface area contributed by atoms with Gasteiger partial charge in [-0.25, -0.2) is 0 Å². The number of Topliss-reactive ketones (excluding diaryl/α,β-unsaturated/α-hetero) is 1. The Morgan fingerprint density at radius 3 is 2.57 bits per heavy atom. The zero-order valence-electron chi connectivity index (χ0n) is 9.51. The van der Waals surface area contributed by atoms with E-state index in [1.165, 1.54) is 37.7 Å². The largest absolute Gasteiger partial charge is 0.299 e. The van der Waals surface area contributed by atoms with E-state index in [1.807, 2.05) is 6.92 Å². The molecule has 0 radical (unpaired) electrons. The van der Waals surface area contributed by atoms with Gasteiger partial charge in [-0.1, -0.05) is 44.8 Å². The molecule has 1 fully saturated rings. The quantitative estimate of drug-likeness (QED) is 0.444. The highest BCUT2D eigenvalue weighted by atomic mass is 16.1. The topological polar surface area (TPSA) is 17.1 Å². The summed E-state index contributed by atoms with van der Waals surface area (Å²) in [5, 5.41) is 0. The van der Waals surface area contributed by atoms with Gasteiger partial charge in [-0.15, -0.1) is 0 Å². The molecular weight excluding hydrogens is 172 g/mol. The van der Waals surface area contributed by atoms with Crippen LogP contribution in [0.5, 0.6) is 0 Å². The third-order valence-electron chi connectivity index (χ3n) is 2.86. The third kappa shape index (κ3) is 4.08. The SMILES string of the molecule is CCCCCC(C=C1CC1)C(=O)CC. The van der Waals surface area contributed by atoms with Crippen molar-refractivity contribution >= 4 is 5.78 Å². The summed E-state index contributed by atoms with van der Waals surface area (Å²) in [5.41, 5.74) is 1.51. The molecular formula is C13H22O. The normalized spacial score (nSPS) is 16.6. The van der Waals surface area contributed by atoms with E-state index in [1.54, 1.807) is 0 Å². The summed E-state index contributed by atoms with van der Waals surface area (Å²) >= 11 is 0. The van der Waals surface area contributed by atoms with Crippen molar-refractivity contribution in [2.45, 2.75) is 58.8 Å². The molecule has 0 aromatic heterocycles. The molecule has 1 aliphatic rings. The molecule has 0 aromatic rings. The minimum absolute atomic E-state index is 0.240. The average Bonchev–Trinajstić information content (AvgIpc) is 2.99. The Kier molecular flexibility index (Phi) is 4.92. The molecule has 0 aromatic carbocycles. The molecule has 1 nitrogen and oxygen atoms in total. The number of carbonyl (C=O) groups is 1. The smallest absolute Gasteiger partial charge is 0.139 e. The third-order valence-corrected chi connectivity index (χ3v) is 2.86. The molecule has 0 saturated heterocycles. The molecule has 0 heterocycles. The molecule has 1 unspecified atom stereocenters. The second-order valence-electron chi connectivity index (χ2n) is 4.25. The van der Waals surface area contributed by atoms with Crippen LogP contribution in [0.3, 0.4) is 0 Å². The van der Waals surface area contributed by atoms with Gasteiger partial charge in [-0.3, -0.25) is 4.79 Å². The molecule has 1 heteroatoms. The van der Waals surface area contributed by atoms with Crippen LogP contribution >= 0.6 is 0 Å². The first-order valence-corrected chi connectivity index (χ1v) is 6.00. The fourth-order valence-corrected chi connectivity index (χ4v) is 1.74. The summed E-state index contributed by atoms with van der Waals surface area (Å²) in [5.74, 6) is 0.671. The number of allylic oxidation sites excluding steroid dienone is 2. The van der Waals surface area contributed by atoms with Crippen LogP contribution in [0.2, 0.25) is 0 Å². The summed E-state index contributed by atoms with van der Waals surface area (Å²) in [6.07, 6.45) is 10.2. The van der Waals surface area contributed by atoms with E-state index in [-0.39, 0.29) is 5.92 Å². The lowest BCUT2D eigenvalue weighted by molar-refractivity contribution is -0.121. The Balaban J connectivity index is 2.36. The van der Waals surface area contributed by atoms with Crippen LogP contribution in [0.1, 0.15) is 58.8 Å². The predicted octanol–water partition coefficient (Wildman–Crippen LogP) is 3.88. The molecule has 1 atom stereocenters. The monoisotopic (exact) mass is 194 g/mol. The number of hydrogen-bond acceptors (Lipinski definition) is 1. The van der Waals surface area contributed by atoms with Gasteiger partial charge < -0.3 is 0 Å². The Morgan fingerprint density at radius 2 is 2.07 bits per heavy atom. The Bertz CT molecular complexity index is 209. The van der Waals surface area contributed by atoms with Crippen molar-refractivity contribution in [2.75, 3.05) is 0 Å². The highest BCUT2D eigenvalue weighted by molar-refractivity contribution is 5.82. The van der Waals surface area contributed by atoms with Crippen molar-refractivity contribution in [3.05, 3.63) is 11.6 Å². The van der Waals surface area contributed by atoms with Gasteiger partial charge in [0.1, 0.15) is 5.78 Å². The minimum atomic E-state index is 0.240. The van der Waals surface area contributed by atoms with Gasteiger partial charge in [-0.05, 0) is 19.3 Å². The summed E-state index contributed by atoms with van der Waals surface area (Å²) in [6.45, 7) is 4.18. The van der Waals surface area contributed by atoms with Crippen LogP contribution in [-0.4, -0.2) is 5.78 Å². The maximum absolute atomic E-state index is 11.6. The summed E-state index contributed by atoms with van der Waals surface area (Å²) in [6, 6.07) is 0. The van der Waals surface area contributed by atoms with Gasteiger partial charge >= 0.3 is 0 Å². The number of carbonyl (C=O) groups excluding carboxylic acids is 1. The summed E-state index contributed by atoms with van der Waals surface area (Å²) in [4.78, 5) is 11.6. The first kappa shape index (κ1) is 11.5. The van der Waals surface area contributed by atoms with Crippen molar-refractivity contribution in [3.63, 3.8) is 0 Å². The maximum Gasteiger partial charge on any atom is 0.139 e. The van der Waals surface area contributed by atoms with Crippen LogP contribution in [0.15, 0.2) is 11.6 Å². The van der Waals surface area contributed by atoms with Crippen molar-refractivity contribution < 1.29 is 4.79 Å². The van der Waals surface area contributed by atoms with Crippen molar-refractivity contribution in [3.8, 4) is 0 Å². The van der Waals surface area contributed by atoms with E-state index in [2.05, 4.69) is 13.0 Å². The first-order chi connectivity index (χ1) is 6.77. The van der Waals surface area contributed by atoms with Crippen LogP contribution in [0.4, 0.5) is 0 Å². The van der Waals surface area contributed by atoms with Gasteiger partial charge in [0.25, 0.3) is 0 Å². The molecule has 0 N–H and O–H groups in total. The van der Waals surface area contributed by atoms with E-state index in [0.717, 1.165) is 6.42 Å². The lowest BCUT2D eigenvalue weighted by atomic mass is 9.94. The zero-order valence-corrected chi connectivity index (χ0v) is 9.51. The Morgan fingerprint density at radius 1 is 1.36 bits per heavy atom. The molecule has 0 aliphatic heterocycles. The number of ketones is 1. The second kappa shape index (κ2) is 6.00. The molecule has 80 valence electrons. The van der Waals surface area contributed by atoms with Gasteiger partial charge in [-0.2, -0.15) is 0 Å². The molecule has 0 spiro atoms. The van der Waals surface area contributed by atoms with Gasteiger partial charge in [0.15, 0.2) is 0 Å².